The summed E-state index contributed by atoms with van der Waals surface area (Å²) in [5.41, 5.74) is 1.50. The Morgan fingerprint density at radius 2 is 2.00 bits per heavy atom. The first kappa shape index (κ1) is 16.9. The van der Waals surface area contributed by atoms with E-state index in [0.29, 0.717) is 18.2 Å². The molecule has 2 aromatic carbocycles. The second-order valence-corrected chi connectivity index (χ2v) is 5.99. The molecule has 0 spiro atoms. The van der Waals surface area contributed by atoms with Crippen LogP contribution in [-0.2, 0) is 9.53 Å². The fraction of sp³-hybridized carbons (Fsp3) is 0.278. The van der Waals surface area contributed by atoms with E-state index in [1.54, 1.807) is 18.2 Å². The molecule has 3 rings (SSSR count). The van der Waals surface area contributed by atoms with E-state index in [-0.39, 0.29) is 11.7 Å². The van der Waals surface area contributed by atoms with Crippen molar-refractivity contribution >= 4 is 17.5 Å². The molecule has 6 heteroatoms. The molecule has 4 nitrogen and oxygen atoms in total. The predicted molar refractivity (Wildman–Crippen MR) is 90.4 cm³/mol. The molecule has 0 aliphatic carbocycles. The molecule has 0 saturated carbocycles. The largest absolute Gasteiger partial charge is 0.366 e. The van der Waals surface area contributed by atoms with Gasteiger partial charge in [0.25, 0.3) is 5.91 Å². The van der Waals surface area contributed by atoms with Gasteiger partial charge in [-0.3, -0.25) is 4.79 Å². The third-order valence-corrected chi connectivity index (χ3v) is 4.27. The number of halogens is 2. The molecule has 1 amide bonds. The van der Waals surface area contributed by atoms with Crippen molar-refractivity contribution in [3.63, 3.8) is 0 Å². The average Bonchev–Trinajstić information content (AvgIpc) is 2.62. The molecule has 0 unspecified atom stereocenters. The van der Waals surface area contributed by atoms with Crippen LogP contribution in [0.4, 0.5) is 4.39 Å². The van der Waals surface area contributed by atoms with Crippen molar-refractivity contribution in [1.82, 2.24) is 10.6 Å². The van der Waals surface area contributed by atoms with E-state index in [1.807, 2.05) is 18.2 Å². The van der Waals surface area contributed by atoms with Crippen LogP contribution in [-0.4, -0.2) is 31.7 Å². The summed E-state index contributed by atoms with van der Waals surface area (Å²) in [5.74, 6) is -0.556. The molecular weight excluding hydrogens is 331 g/mol. The number of ether oxygens (including phenoxy) is 1. The van der Waals surface area contributed by atoms with Crippen molar-refractivity contribution in [2.45, 2.75) is 12.1 Å². The zero-order valence-electron chi connectivity index (χ0n) is 13.0. The van der Waals surface area contributed by atoms with Crippen LogP contribution in [0.3, 0.4) is 0 Å². The molecule has 0 radical (unpaired) electrons. The number of morpholine rings is 1. The summed E-state index contributed by atoms with van der Waals surface area (Å²) in [6, 6.07) is 12.8. The molecule has 1 aliphatic heterocycles. The van der Waals surface area contributed by atoms with Crippen LogP contribution < -0.4 is 10.6 Å². The van der Waals surface area contributed by atoms with Gasteiger partial charge in [-0.15, -0.1) is 0 Å². The summed E-state index contributed by atoms with van der Waals surface area (Å²) in [7, 11) is 0. The standard InChI is InChI=1S/C18H18ClFN2O2/c19-15-4-2-1-3-14(15)17(12-5-7-13(20)8-6-12)22-18(23)16-11-21-9-10-24-16/h1-8,16-17,21H,9-11H2,(H,22,23)/t16-,17+/m0/s1. The molecule has 1 saturated heterocycles. The fourth-order valence-corrected chi connectivity index (χ4v) is 2.92. The lowest BCUT2D eigenvalue weighted by Gasteiger charge is -2.27. The van der Waals surface area contributed by atoms with Crippen LogP contribution in [0.1, 0.15) is 17.2 Å². The van der Waals surface area contributed by atoms with Crippen molar-refractivity contribution in [2.24, 2.45) is 0 Å². The maximum absolute atomic E-state index is 13.2. The summed E-state index contributed by atoms with van der Waals surface area (Å²) in [6.45, 7) is 1.69. The summed E-state index contributed by atoms with van der Waals surface area (Å²) >= 11 is 6.30. The van der Waals surface area contributed by atoms with Gasteiger partial charge in [0.2, 0.25) is 0 Å². The molecular formula is C18H18ClFN2O2. The van der Waals surface area contributed by atoms with E-state index >= 15 is 0 Å². The van der Waals surface area contributed by atoms with Gasteiger partial charge in [0.15, 0.2) is 0 Å². The number of carbonyl (C=O) groups excluding carboxylic acids is 1. The molecule has 2 N–H and O–H groups in total. The van der Waals surface area contributed by atoms with Crippen LogP contribution in [0, 0.1) is 5.82 Å². The minimum Gasteiger partial charge on any atom is -0.366 e. The summed E-state index contributed by atoms with van der Waals surface area (Å²) < 4.78 is 18.7. The molecule has 24 heavy (non-hydrogen) atoms. The number of benzene rings is 2. The highest BCUT2D eigenvalue weighted by molar-refractivity contribution is 6.31. The quantitative estimate of drug-likeness (QED) is 0.893. The number of amides is 1. The maximum atomic E-state index is 13.2. The Kier molecular flexibility index (Phi) is 5.45. The van der Waals surface area contributed by atoms with Crippen molar-refractivity contribution in [1.29, 1.82) is 0 Å². The van der Waals surface area contributed by atoms with Crippen molar-refractivity contribution < 1.29 is 13.9 Å². The van der Waals surface area contributed by atoms with Crippen LogP contribution in [0.25, 0.3) is 0 Å². The summed E-state index contributed by atoms with van der Waals surface area (Å²) in [4.78, 5) is 12.5. The number of hydrogen-bond donors (Lipinski definition) is 2. The summed E-state index contributed by atoms with van der Waals surface area (Å²) in [6.07, 6.45) is -0.552. The number of carbonyl (C=O) groups is 1. The summed E-state index contributed by atoms with van der Waals surface area (Å²) in [5, 5.41) is 6.63. The third-order valence-electron chi connectivity index (χ3n) is 3.93. The molecule has 0 aromatic heterocycles. The third kappa shape index (κ3) is 3.93. The lowest BCUT2D eigenvalue weighted by molar-refractivity contribution is -0.134. The molecule has 2 aromatic rings. The predicted octanol–water partition coefficient (Wildman–Crippen LogP) is 2.67. The molecule has 126 valence electrons. The van der Waals surface area contributed by atoms with Crippen LogP contribution in [0.15, 0.2) is 48.5 Å². The van der Waals surface area contributed by atoms with Gasteiger partial charge in [-0.1, -0.05) is 41.9 Å². The van der Waals surface area contributed by atoms with Gasteiger partial charge < -0.3 is 15.4 Å². The number of hydrogen-bond acceptors (Lipinski definition) is 3. The van der Waals surface area contributed by atoms with Gasteiger partial charge in [-0.2, -0.15) is 0 Å². The molecule has 2 atom stereocenters. The van der Waals surface area contributed by atoms with Gasteiger partial charge in [0, 0.05) is 18.1 Å². The van der Waals surface area contributed by atoms with Crippen molar-refractivity contribution in [3.8, 4) is 0 Å². The number of rotatable bonds is 4. The lowest BCUT2D eigenvalue weighted by atomic mass is 9.98. The van der Waals surface area contributed by atoms with E-state index in [9.17, 15) is 9.18 Å². The lowest BCUT2D eigenvalue weighted by Crippen LogP contribution is -2.48. The average molecular weight is 349 g/mol. The topological polar surface area (TPSA) is 50.4 Å². The zero-order chi connectivity index (χ0) is 16.9. The monoisotopic (exact) mass is 348 g/mol. The van der Waals surface area contributed by atoms with Gasteiger partial charge in [0.1, 0.15) is 11.9 Å². The highest BCUT2D eigenvalue weighted by Crippen LogP contribution is 2.28. The second-order valence-electron chi connectivity index (χ2n) is 5.58. The Labute approximate surface area is 145 Å². The second kappa shape index (κ2) is 7.75. The minimum atomic E-state index is -0.552. The highest BCUT2D eigenvalue weighted by atomic mass is 35.5. The van der Waals surface area contributed by atoms with Crippen molar-refractivity contribution in [2.75, 3.05) is 19.7 Å². The van der Waals surface area contributed by atoms with Crippen LogP contribution in [0.2, 0.25) is 5.02 Å². The Balaban J connectivity index is 1.88. The zero-order valence-corrected chi connectivity index (χ0v) is 13.7. The van der Waals surface area contributed by atoms with E-state index in [0.717, 1.165) is 17.7 Å². The van der Waals surface area contributed by atoms with Crippen LogP contribution >= 0.6 is 11.6 Å². The van der Waals surface area contributed by atoms with E-state index in [2.05, 4.69) is 10.6 Å². The van der Waals surface area contributed by atoms with E-state index < -0.39 is 12.1 Å². The van der Waals surface area contributed by atoms with E-state index in [4.69, 9.17) is 16.3 Å². The van der Waals surface area contributed by atoms with Gasteiger partial charge in [-0.05, 0) is 29.3 Å². The molecule has 1 heterocycles. The van der Waals surface area contributed by atoms with E-state index in [1.165, 1.54) is 12.1 Å². The first-order chi connectivity index (χ1) is 11.6. The van der Waals surface area contributed by atoms with Gasteiger partial charge in [-0.25, -0.2) is 4.39 Å². The van der Waals surface area contributed by atoms with Crippen LogP contribution in [0.5, 0.6) is 0 Å². The highest BCUT2D eigenvalue weighted by Gasteiger charge is 2.26. The minimum absolute atomic E-state index is 0.226. The Morgan fingerprint density at radius 1 is 1.25 bits per heavy atom. The maximum Gasteiger partial charge on any atom is 0.251 e. The Hall–Kier alpha value is -1.95. The SMILES string of the molecule is O=C(N[C@H](c1ccc(F)cc1)c1ccccc1Cl)[C@@H]1CNCCO1. The van der Waals surface area contributed by atoms with Crippen molar-refractivity contribution in [3.05, 3.63) is 70.5 Å². The molecule has 0 bridgehead atoms. The first-order valence-electron chi connectivity index (χ1n) is 7.78. The van der Waals surface area contributed by atoms with Gasteiger partial charge >= 0.3 is 0 Å². The van der Waals surface area contributed by atoms with Gasteiger partial charge in [0.05, 0.1) is 12.6 Å². The first-order valence-corrected chi connectivity index (χ1v) is 8.15. The normalized spacial score (nSPS) is 18.8. The Morgan fingerprint density at radius 3 is 2.67 bits per heavy atom. The Bertz CT molecular complexity index is 702. The smallest absolute Gasteiger partial charge is 0.251 e. The molecule has 1 fully saturated rings. The fourth-order valence-electron chi connectivity index (χ4n) is 2.67. The molecule has 1 aliphatic rings. The number of nitrogens with one attached hydrogen (secondary N) is 2.